The van der Waals surface area contributed by atoms with Gasteiger partial charge in [0.05, 0.1) is 12.0 Å². The average molecular weight is 198 g/mol. The molecule has 76 valence electrons. The Labute approximate surface area is 80.0 Å². The van der Waals surface area contributed by atoms with E-state index < -0.39 is 4.92 Å². The molecular formula is C7H10N4O3. The second-order valence-electron chi connectivity index (χ2n) is 2.70. The van der Waals surface area contributed by atoms with Crippen molar-refractivity contribution in [1.82, 2.24) is 9.78 Å². The molecule has 0 aliphatic heterocycles. The Morgan fingerprint density at radius 2 is 2.29 bits per heavy atom. The lowest BCUT2D eigenvalue weighted by Gasteiger charge is -2.00. The third kappa shape index (κ3) is 1.43. The molecule has 0 saturated heterocycles. The molecule has 1 aromatic rings. The second kappa shape index (κ2) is 3.44. The third-order valence-electron chi connectivity index (χ3n) is 1.79. The predicted octanol–water partition coefficient (Wildman–Crippen LogP) is 0.608. The second-order valence-corrected chi connectivity index (χ2v) is 2.70. The van der Waals surface area contributed by atoms with Crippen molar-refractivity contribution in [3.63, 3.8) is 0 Å². The first-order chi connectivity index (χ1) is 6.49. The zero-order valence-corrected chi connectivity index (χ0v) is 8.07. The number of ether oxygens (including phenoxy) is 1. The fourth-order valence-electron chi connectivity index (χ4n) is 1.22. The summed E-state index contributed by atoms with van der Waals surface area (Å²) in [5, 5.41) is 21.9. The molecule has 0 fully saturated rings. The SMILES string of the molecule is COC(=N)c1c([N+](=O)[O-])c(C)nn1C. The number of rotatable bonds is 2. The van der Waals surface area contributed by atoms with E-state index in [0.29, 0.717) is 0 Å². The summed E-state index contributed by atoms with van der Waals surface area (Å²) in [6.07, 6.45) is 0. The lowest BCUT2D eigenvalue weighted by Crippen LogP contribution is -2.10. The average Bonchev–Trinajstić information content (AvgIpc) is 2.39. The van der Waals surface area contributed by atoms with Crippen LogP contribution >= 0.6 is 0 Å². The summed E-state index contributed by atoms with van der Waals surface area (Å²) in [5.41, 5.74) is 0.170. The van der Waals surface area contributed by atoms with Crippen molar-refractivity contribution in [2.24, 2.45) is 7.05 Å². The number of methoxy groups -OCH3 is 1. The summed E-state index contributed by atoms with van der Waals surface area (Å²) in [7, 11) is 2.82. The summed E-state index contributed by atoms with van der Waals surface area (Å²) in [6, 6.07) is 0. The lowest BCUT2D eigenvalue weighted by molar-refractivity contribution is -0.385. The molecule has 0 aliphatic rings. The number of hydrogen-bond donors (Lipinski definition) is 1. The molecule has 0 saturated carbocycles. The summed E-state index contributed by atoms with van der Waals surface area (Å²) < 4.78 is 5.90. The van der Waals surface area contributed by atoms with Crippen LogP contribution in [0.1, 0.15) is 11.4 Å². The molecule has 0 unspecified atom stereocenters. The predicted molar refractivity (Wildman–Crippen MR) is 48.4 cm³/mol. The molecule has 0 spiro atoms. The zero-order chi connectivity index (χ0) is 10.9. The minimum absolute atomic E-state index is 0.0787. The number of hydrogen-bond acceptors (Lipinski definition) is 5. The highest BCUT2D eigenvalue weighted by Crippen LogP contribution is 2.22. The van der Waals surface area contributed by atoms with E-state index in [1.54, 1.807) is 0 Å². The van der Waals surface area contributed by atoms with Crippen molar-refractivity contribution in [2.45, 2.75) is 6.92 Å². The first kappa shape index (κ1) is 10.2. The highest BCUT2D eigenvalue weighted by Gasteiger charge is 2.27. The fraction of sp³-hybridized carbons (Fsp3) is 0.429. The maximum absolute atomic E-state index is 10.7. The highest BCUT2D eigenvalue weighted by atomic mass is 16.6. The normalized spacial score (nSPS) is 9.93. The Morgan fingerprint density at radius 3 is 2.71 bits per heavy atom. The van der Waals surface area contributed by atoms with Gasteiger partial charge in [0, 0.05) is 7.05 Å². The zero-order valence-electron chi connectivity index (χ0n) is 8.07. The van der Waals surface area contributed by atoms with E-state index in [-0.39, 0.29) is 23.0 Å². The van der Waals surface area contributed by atoms with Crippen LogP contribution in [-0.4, -0.2) is 27.7 Å². The molecule has 1 rings (SSSR count). The largest absolute Gasteiger partial charge is 0.480 e. The minimum atomic E-state index is -0.564. The molecule has 7 heteroatoms. The van der Waals surface area contributed by atoms with E-state index in [1.807, 2.05) is 0 Å². The molecule has 1 aromatic heterocycles. The molecular weight excluding hydrogens is 188 g/mol. The van der Waals surface area contributed by atoms with E-state index in [1.165, 1.54) is 25.8 Å². The first-order valence-corrected chi connectivity index (χ1v) is 3.80. The van der Waals surface area contributed by atoms with Crippen molar-refractivity contribution in [2.75, 3.05) is 7.11 Å². The van der Waals surface area contributed by atoms with Crippen LogP contribution in [0.25, 0.3) is 0 Å². The Kier molecular flexibility index (Phi) is 2.50. The summed E-state index contributed by atoms with van der Waals surface area (Å²) in [5.74, 6) is -0.264. The number of nitrogens with zero attached hydrogens (tertiary/aromatic N) is 3. The van der Waals surface area contributed by atoms with Crippen LogP contribution in [0.15, 0.2) is 0 Å². The fourth-order valence-corrected chi connectivity index (χ4v) is 1.22. The summed E-state index contributed by atoms with van der Waals surface area (Å²) >= 11 is 0. The summed E-state index contributed by atoms with van der Waals surface area (Å²) in [6.45, 7) is 1.52. The molecule has 1 heterocycles. The van der Waals surface area contributed by atoms with Crippen molar-refractivity contribution >= 4 is 11.6 Å². The Balaban J connectivity index is 3.39. The van der Waals surface area contributed by atoms with Gasteiger partial charge in [0.1, 0.15) is 5.69 Å². The smallest absolute Gasteiger partial charge is 0.322 e. The van der Waals surface area contributed by atoms with E-state index in [2.05, 4.69) is 9.84 Å². The van der Waals surface area contributed by atoms with Crippen LogP contribution in [0.4, 0.5) is 5.69 Å². The van der Waals surface area contributed by atoms with Crippen molar-refractivity contribution < 1.29 is 9.66 Å². The monoisotopic (exact) mass is 198 g/mol. The van der Waals surface area contributed by atoms with Crippen molar-refractivity contribution in [3.8, 4) is 0 Å². The van der Waals surface area contributed by atoms with Crippen LogP contribution in [0.3, 0.4) is 0 Å². The number of aromatic nitrogens is 2. The van der Waals surface area contributed by atoms with Gasteiger partial charge in [-0.05, 0) is 6.92 Å². The van der Waals surface area contributed by atoms with Gasteiger partial charge in [-0.15, -0.1) is 0 Å². The van der Waals surface area contributed by atoms with Crippen LogP contribution in [0.5, 0.6) is 0 Å². The van der Waals surface area contributed by atoms with Gasteiger partial charge >= 0.3 is 5.69 Å². The minimum Gasteiger partial charge on any atom is -0.480 e. The topological polar surface area (TPSA) is 94.0 Å². The molecule has 0 radical (unpaired) electrons. The quantitative estimate of drug-likeness (QED) is 0.326. The lowest BCUT2D eigenvalue weighted by atomic mass is 10.3. The van der Waals surface area contributed by atoms with Gasteiger partial charge in [0.25, 0.3) is 0 Å². The number of nitro groups is 1. The molecule has 0 bridgehead atoms. The van der Waals surface area contributed by atoms with E-state index in [9.17, 15) is 10.1 Å². The number of aryl methyl sites for hydroxylation is 2. The standard InChI is InChI=1S/C7H10N4O3/c1-4-5(11(12)13)6(7(8)14-3)10(2)9-4/h8H,1-3H3. The molecule has 0 atom stereocenters. The van der Waals surface area contributed by atoms with Gasteiger partial charge in [0.2, 0.25) is 11.6 Å². The van der Waals surface area contributed by atoms with Gasteiger partial charge in [-0.2, -0.15) is 5.10 Å². The maximum atomic E-state index is 10.7. The Morgan fingerprint density at radius 1 is 1.71 bits per heavy atom. The summed E-state index contributed by atoms with van der Waals surface area (Å²) in [4.78, 5) is 10.1. The third-order valence-corrected chi connectivity index (χ3v) is 1.79. The number of nitrogens with one attached hydrogen (secondary N) is 1. The molecule has 7 nitrogen and oxygen atoms in total. The van der Waals surface area contributed by atoms with Crippen molar-refractivity contribution in [3.05, 3.63) is 21.5 Å². The van der Waals surface area contributed by atoms with Crippen LogP contribution in [0.2, 0.25) is 0 Å². The molecule has 1 N–H and O–H groups in total. The molecule has 0 aromatic carbocycles. The Hall–Kier alpha value is -1.92. The van der Waals surface area contributed by atoms with Crippen molar-refractivity contribution in [1.29, 1.82) is 5.41 Å². The van der Waals surface area contributed by atoms with E-state index in [0.717, 1.165) is 0 Å². The maximum Gasteiger partial charge on any atom is 0.322 e. The van der Waals surface area contributed by atoms with Gasteiger partial charge in [-0.25, -0.2) is 0 Å². The van der Waals surface area contributed by atoms with Gasteiger partial charge in [-0.3, -0.25) is 20.2 Å². The van der Waals surface area contributed by atoms with Crippen LogP contribution in [-0.2, 0) is 11.8 Å². The molecule has 14 heavy (non-hydrogen) atoms. The molecule has 0 aliphatic carbocycles. The van der Waals surface area contributed by atoms with Gasteiger partial charge in [-0.1, -0.05) is 0 Å². The van der Waals surface area contributed by atoms with Gasteiger partial charge < -0.3 is 4.74 Å². The first-order valence-electron chi connectivity index (χ1n) is 3.80. The van der Waals surface area contributed by atoms with Crippen LogP contribution < -0.4 is 0 Å². The molecule has 0 amide bonds. The van der Waals surface area contributed by atoms with Gasteiger partial charge in [0.15, 0.2) is 0 Å². The Bertz CT molecular complexity index is 396. The van der Waals surface area contributed by atoms with Crippen LogP contribution in [0, 0.1) is 22.4 Å². The van der Waals surface area contributed by atoms with E-state index >= 15 is 0 Å². The highest BCUT2D eigenvalue weighted by molar-refractivity contribution is 5.94. The van der Waals surface area contributed by atoms with E-state index in [4.69, 9.17) is 5.41 Å².